The lowest BCUT2D eigenvalue weighted by atomic mass is 9.86. The summed E-state index contributed by atoms with van der Waals surface area (Å²) in [6.45, 7) is 3.72. The van der Waals surface area contributed by atoms with Crippen molar-refractivity contribution in [1.82, 2.24) is 4.90 Å². The van der Waals surface area contributed by atoms with Crippen LogP contribution in [0.15, 0.2) is 0 Å². The van der Waals surface area contributed by atoms with E-state index in [-0.39, 0.29) is 6.04 Å². The van der Waals surface area contributed by atoms with Gasteiger partial charge in [0.2, 0.25) is 0 Å². The first-order chi connectivity index (χ1) is 8.22. The number of ether oxygens (including phenoxy) is 1. The molecule has 2 fully saturated rings. The third-order valence-corrected chi connectivity index (χ3v) is 4.02. The van der Waals surface area contributed by atoms with Crippen molar-refractivity contribution in [2.45, 2.75) is 63.6 Å². The fraction of sp³-hybridized carbons (Fsp3) is 0.923. The molecule has 1 saturated heterocycles. The molecule has 0 bridgehead atoms. The molecular weight excluding hydrogens is 218 g/mol. The van der Waals surface area contributed by atoms with Gasteiger partial charge >= 0.3 is 5.97 Å². The summed E-state index contributed by atoms with van der Waals surface area (Å²) in [5.74, 6) is -0.647. The first-order valence-corrected chi connectivity index (χ1v) is 6.82. The van der Waals surface area contributed by atoms with Gasteiger partial charge in [0.25, 0.3) is 0 Å². The Morgan fingerprint density at radius 2 is 2.12 bits per heavy atom. The second-order valence-corrected chi connectivity index (χ2v) is 5.14. The van der Waals surface area contributed by atoms with Crippen molar-refractivity contribution in [1.29, 1.82) is 0 Å². The predicted octanol–water partition coefficient (Wildman–Crippen LogP) is 1.88. The molecule has 4 nitrogen and oxygen atoms in total. The fourth-order valence-electron chi connectivity index (χ4n) is 3.01. The summed E-state index contributed by atoms with van der Waals surface area (Å²) in [4.78, 5) is 13.5. The van der Waals surface area contributed by atoms with E-state index in [1.165, 1.54) is 6.42 Å². The highest BCUT2D eigenvalue weighted by Crippen LogP contribution is 2.32. The maximum absolute atomic E-state index is 11.3. The summed E-state index contributed by atoms with van der Waals surface area (Å²) in [5.41, 5.74) is 0. The average Bonchev–Trinajstić information content (AvgIpc) is 2.47. The number of likely N-dealkylation sites (tertiary alicyclic amines) is 1. The molecule has 1 atom stereocenters. The van der Waals surface area contributed by atoms with E-state index in [0.717, 1.165) is 45.3 Å². The van der Waals surface area contributed by atoms with Crippen LogP contribution in [0.3, 0.4) is 0 Å². The SMILES string of the molecule is CCOC1CC(N2CCCCCC2C(=O)O)C1. The number of rotatable bonds is 4. The molecule has 1 N–H and O–H groups in total. The number of hydrogen-bond donors (Lipinski definition) is 1. The third kappa shape index (κ3) is 2.99. The summed E-state index contributed by atoms with van der Waals surface area (Å²) < 4.78 is 5.55. The number of carbonyl (C=O) groups is 1. The molecule has 4 heteroatoms. The maximum atomic E-state index is 11.3. The van der Waals surface area contributed by atoms with Crippen LogP contribution in [-0.2, 0) is 9.53 Å². The lowest BCUT2D eigenvalue weighted by molar-refractivity contribution is -0.147. The van der Waals surface area contributed by atoms with Crippen LogP contribution in [-0.4, -0.2) is 47.3 Å². The molecule has 1 aliphatic heterocycles. The third-order valence-electron chi connectivity index (χ3n) is 4.02. The first kappa shape index (κ1) is 12.8. The molecular formula is C13H23NO3. The molecule has 1 heterocycles. The molecule has 0 radical (unpaired) electrons. The van der Waals surface area contributed by atoms with Crippen molar-refractivity contribution in [3.05, 3.63) is 0 Å². The van der Waals surface area contributed by atoms with Crippen LogP contribution in [0.5, 0.6) is 0 Å². The Morgan fingerprint density at radius 1 is 1.35 bits per heavy atom. The van der Waals surface area contributed by atoms with Crippen molar-refractivity contribution in [2.24, 2.45) is 0 Å². The maximum Gasteiger partial charge on any atom is 0.320 e. The Hall–Kier alpha value is -0.610. The Bertz CT molecular complexity index is 263. The number of hydrogen-bond acceptors (Lipinski definition) is 3. The monoisotopic (exact) mass is 241 g/mol. The molecule has 2 rings (SSSR count). The van der Waals surface area contributed by atoms with E-state index in [0.29, 0.717) is 12.1 Å². The lowest BCUT2D eigenvalue weighted by Gasteiger charge is -2.44. The van der Waals surface area contributed by atoms with E-state index < -0.39 is 5.97 Å². The minimum atomic E-state index is -0.647. The molecule has 2 aliphatic rings. The number of carboxylic acids is 1. The highest BCUT2D eigenvalue weighted by molar-refractivity contribution is 5.73. The molecule has 0 spiro atoms. The molecule has 0 aromatic carbocycles. The van der Waals surface area contributed by atoms with Crippen molar-refractivity contribution < 1.29 is 14.6 Å². The van der Waals surface area contributed by atoms with E-state index in [2.05, 4.69) is 4.90 Å². The summed E-state index contributed by atoms with van der Waals surface area (Å²) in [7, 11) is 0. The number of nitrogens with zero attached hydrogens (tertiary/aromatic N) is 1. The van der Waals surface area contributed by atoms with Gasteiger partial charge in [-0.05, 0) is 39.2 Å². The second kappa shape index (κ2) is 5.83. The van der Waals surface area contributed by atoms with Gasteiger partial charge in [-0.2, -0.15) is 0 Å². The van der Waals surface area contributed by atoms with Gasteiger partial charge < -0.3 is 9.84 Å². The van der Waals surface area contributed by atoms with Gasteiger partial charge in [0.15, 0.2) is 0 Å². The van der Waals surface area contributed by atoms with Gasteiger partial charge in [-0.25, -0.2) is 0 Å². The average molecular weight is 241 g/mol. The van der Waals surface area contributed by atoms with E-state index in [9.17, 15) is 9.90 Å². The van der Waals surface area contributed by atoms with Crippen LogP contribution in [0.25, 0.3) is 0 Å². The van der Waals surface area contributed by atoms with Gasteiger partial charge in [0.1, 0.15) is 6.04 Å². The zero-order valence-corrected chi connectivity index (χ0v) is 10.6. The van der Waals surface area contributed by atoms with Gasteiger partial charge in [-0.1, -0.05) is 12.8 Å². The van der Waals surface area contributed by atoms with Crippen LogP contribution in [0, 0.1) is 0 Å². The normalized spacial score (nSPS) is 35.0. The van der Waals surface area contributed by atoms with E-state index >= 15 is 0 Å². The number of aliphatic carboxylic acids is 1. The Kier molecular flexibility index (Phi) is 4.40. The quantitative estimate of drug-likeness (QED) is 0.816. The molecule has 1 aliphatic carbocycles. The van der Waals surface area contributed by atoms with Gasteiger partial charge in [0.05, 0.1) is 6.10 Å². The van der Waals surface area contributed by atoms with Crippen molar-refractivity contribution in [2.75, 3.05) is 13.2 Å². The van der Waals surface area contributed by atoms with Crippen LogP contribution in [0.1, 0.15) is 45.4 Å². The van der Waals surface area contributed by atoms with E-state index in [1.807, 2.05) is 6.92 Å². The zero-order chi connectivity index (χ0) is 12.3. The smallest absolute Gasteiger partial charge is 0.320 e. The lowest BCUT2D eigenvalue weighted by Crippen LogP contribution is -2.54. The van der Waals surface area contributed by atoms with Crippen LogP contribution in [0.2, 0.25) is 0 Å². The molecule has 0 aromatic rings. The van der Waals surface area contributed by atoms with Crippen LogP contribution < -0.4 is 0 Å². The van der Waals surface area contributed by atoms with E-state index in [1.54, 1.807) is 0 Å². The standard InChI is InChI=1S/C13H23NO3/c1-2-17-11-8-10(9-11)14-7-5-3-4-6-12(14)13(15)16/h10-12H,2-9H2,1H3,(H,15,16). The molecule has 0 amide bonds. The van der Waals surface area contributed by atoms with Crippen LogP contribution in [0.4, 0.5) is 0 Å². The molecule has 17 heavy (non-hydrogen) atoms. The topological polar surface area (TPSA) is 49.8 Å². The highest BCUT2D eigenvalue weighted by atomic mass is 16.5. The zero-order valence-electron chi connectivity index (χ0n) is 10.6. The predicted molar refractivity (Wildman–Crippen MR) is 65.0 cm³/mol. The van der Waals surface area contributed by atoms with Crippen molar-refractivity contribution in [3.8, 4) is 0 Å². The summed E-state index contributed by atoms with van der Waals surface area (Å²) in [6, 6.07) is 0.177. The Balaban J connectivity index is 1.90. The molecule has 1 unspecified atom stereocenters. The van der Waals surface area contributed by atoms with Gasteiger partial charge in [-0.15, -0.1) is 0 Å². The van der Waals surface area contributed by atoms with Crippen LogP contribution >= 0.6 is 0 Å². The van der Waals surface area contributed by atoms with Gasteiger partial charge in [-0.3, -0.25) is 9.69 Å². The first-order valence-electron chi connectivity index (χ1n) is 6.82. The second-order valence-electron chi connectivity index (χ2n) is 5.14. The van der Waals surface area contributed by atoms with E-state index in [4.69, 9.17) is 4.74 Å². The fourth-order valence-corrected chi connectivity index (χ4v) is 3.01. The van der Waals surface area contributed by atoms with Crippen molar-refractivity contribution >= 4 is 5.97 Å². The molecule has 98 valence electrons. The Labute approximate surface area is 103 Å². The minimum absolute atomic E-state index is 0.259. The largest absolute Gasteiger partial charge is 0.480 e. The summed E-state index contributed by atoms with van der Waals surface area (Å²) >= 11 is 0. The summed E-state index contributed by atoms with van der Waals surface area (Å²) in [5, 5.41) is 9.30. The van der Waals surface area contributed by atoms with Gasteiger partial charge in [0, 0.05) is 12.6 Å². The van der Waals surface area contributed by atoms with Crippen molar-refractivity contribution in [3.63, 3.8) is 0 Å². The molecule has 0 aromatic heterocycles. The summed E-state index contributed by atoms with van der Waals surface area (Å²) in [6.07, 6.45) is 6.55. The molecule has 1 saturated carbocycles. The number of carboxylic acid groups (broad SMARTS) is 1. The Morgan fingerprint density at radius 3 is 2.76 bits per heavy atom. The minimum Gasteiger partial charge on any atom is -0.480 e. The highest BCUT2D eigenvalue weighted by Gasteiger charge is 2.39.